The van der Waals surface area contributed by atoms with Gasteiger partial charge in [0.1, 0.15) is 0 Å². The second-order valence-electron chi connectivity index (χ2n) is 6.66. The summed E-state index contributed by atoms with van der Waals surface area (Å²) in [6.07, 6.45) is 24.6. The number of allylic oxidation sites excluding steroid dienone is 10. The van der Waals surface area contributed by atoms with E-state index in [1.54, 1.807) is 5.57 Å². The largest absolute Gasteiger partial charge is 0.0840 e. The van der Waals surface area contributed by atoms with E-state index < -0.39 is 0 Å². The second-order valence-corrected chi connectivity index (χ2v) is 6.66. The Morgan fingerprint density at radius 3 is 2.62 bits per heavy atom. The van der Waals surface area contributed by atoms with Gasteiger partial charge in [-0.1, -0.05) is 81.4 Å². The van der Waals surface area contributed by atoms with Crippen molar-refractivity contribution in [1.82, 2.24) is 0 Å². The van der Waals surface area contributed by atoms with Gasteiger partial charge in [0.25, 0.3) is 0 Å². The molecule has 0 nitrogen and oxygen atoms in total. The summed E-state index contributed by atoms with van der Waals surface area (Å²) < 4.78 is 0. The van der Waals surface area contributed by atoms with Crippen LogP contribution in [0.3, 0.4) is 0 Å². The monoisotopic (exact) mass is 282 g/mol. The summed E-state index contributed by atoms with van der Waals surface area (Å²) in [4.78, 5) is 0. The van der Waals surface area contributed by atoms with Gasteiger partial charge in [0.15, 0.2) is 0 Å². The fourth-order valence-corrected chi connectivity index (χ4v) is 3.28. The molecule has 0 radical (unpaired) electrons. The standard InChI is InChI=1S/C21H30/c1-4-19(21-10-6-5-7-11-21)12-8-9-18-13-15-20(16-14-18)17(2)3/h5-10,13,15,17,19,21H,4,11-12,14,16H2,1-3H3/b9-8+. The summed E-state index contributed by atoms with van der Waals surface area (Å²) in [6, 6.07) is 0. The molecular weight excluding hydrogens is 252 g/mol. The number of hydrogen-bond acceptors (Lipinski definition) is 0. The molecule has 0 aromatic heterocycles. The summed E-state index contributed by atoms with van der Waals surface area (Å²) in [5.41, 5.74) is 3.09. The quantitative estimate of drug-likeness (QED) is 0.529. The average molecular weight is 282 g/mol. The third-order valence-electron chi connectivity index (χ3n) is 4.87. The molecule has 0 saturated heterocycles. The molecule has 0 saturated carbocycles. The number of hydrogen-bond donors (Lipinski definition) is 0. The maximum Gasteiger partial charge on any atom is -0.0164 e. The van der Waals surface area contributed by atoms with E-state index >= 15 is 0 Å². The molecule has 0 fully saturated rings. The third-order valence-corrected chi connectivity index (χ3v) is 4.87. The van der Waals surface area contributed by atoms with Crippen LogP contribution in [-0.4, -0.2) is 0 Å². The molecule has 0 heteroatoms. The van der Waals surface area contributed by atoms with Crippen LogP contribution in [0.15, 0.2) is 59.8 Å². The molecular formula is C21H30. The van der Waals surface area contributed by atoms with Gasteiger partial charge in [0.2, 0.25) is 0 Å². The van der Waals surface area contributed by atoms with E-state index in [0.29, 0.717) is 5.92 Å². The molecule has 0 spiro atoms. The van der Waals surface area contributed by atoms with Gasteiger partial charge in [-0.2, -0.15) is 0 Å². The van der Waals surface area contributed by atoms with Crippen molar-refractivity contribution in [2.45, 2.75) is 52.9 Å². The lowest BCUT2D eigenvalue weighted by Crippen LogP contribution is -2.11. The molecule has 2 rings (SSSR count). The fourth-order valence-electron chi connectivity index (χ4n) is 3.28. The van der Waals surface area contributed by atoms with Crippen molar-refractivity contribution in [2.75, 3.05) is 0 Å². The SMILES string of the molecule is CCC(C/C=C/C1=CC=C(C(C)C)CC1)C1C=CC=CC1. The topological polar surface area (TPSA) is 0 Å². The van der Waals surface area contributed by atoms with Gasteiger partial charge in [0.05, 0.1) is 0 Å². The third kappa shape index (κ3) is 4.88. The molecule has 0 aliphatic heterocycles. The first kappa shape index (κ1) is 16.1. The van der Waals surface area contributed by atoms with Crippen LogP contribution >= 0.6 is 0 Å². The molecule has 2 unspecified atom stereocenters. The average Bonchev–Trinajstić information content (AvgIpc) is 2.53. The van der Waals surface area contributed by atoms with Crippen molar-refractivity contribution < 1.29 is 0 Å². The molecule has 0 aromatic carbocycles. The molecule has 0 N–H and O–H groups in total. The second kappa shape index (κ2) is 8.22. The summed E-state index contributed by atoms with van der Waals surface area (Å²) in [7, 11) is 0. The lowest BCUT2D eigenvalue weighted by molar-refractivity contribution is 0.386. The van der Waals surface area contributed by atoms with E-state index in [9.17, 15) is 0 Å². The molecule has 0 amide bonds. The van der Waals surface area contributed by atoms with Crippen molar-refractivity contribution >= 4 is 0 Å². The van der Waals surface area contributed by atoms with Crippen LogP contribution < -0.4 is 0 Å². The summed E-state index contributed by atoms with van der Waals surface area (Å²) in [5, 5.41) is 0. The van der Waals surface area contributed by atoms with Gasteiger partial charge in [-0.25, -0.2) is 0 Å². The summed E-state index contributed by atoms with van der Waals surface area (Å²) in [5.74, 6) is 2.22. The van der Waals surface area contributed by atoms with Gasteiger partial charge >= 0.3 is 0 Å². The maximum atomic E-state index is 2.40. The number of rotatable bonds is 6. The van der Waals surface area contributed by atoms with Crippen molar-refractivity contribution in [2.24, 2.45) is 17.8 Å². The zero-order chi connectivity index (χ0) is 15.1. The first-order chi connectivity index (χ1) is 10.2. The van der Waals surface area contributed by atoms with Crippen LogP contribution in [0.5, 0.6) is 0 Å². The first-order valence-electron chi connectivity index (χ1n) is 8.60. The predicted octanol–water partition coefficient (Wildman–Crippen LogP) is 6.39. The Kier molecular flexibility index (Phi) is 6.29. The normalized spacial score (nSPS) is 23.5. The van der Waals surface area contributed by atoms with Crippen molar-refractivity contribution in [1.29, 1.82) is 0 Å². The highest BCUT2D eigenvalue weighted by Crippen LogP contribution is 2.28. The minimum atomic E-state index is 0.697. The van der Waals surface area contributed by atoms with Gasteiger partial charge in [-0.05, 0) is 49.0 Å². The van der Waals surface area contributed by atoms with Gasteiger partial charge in [0, 0.05) is 0 Å². The first-order valence-corrected chi connectivity index (χ1v) is 8.60. The molecule has 2 aliphatic carbocycles. The fraction of sp³-hybridized carbons (Fsp3) is 0.524. The predicted molar refractivity (Wildman–Crippen MR) is 94.2 cm³/mol. The van der Waals surface area contributed by atoms with E-state index in [1.165, 1.54) is 37.7 Å². The van der Waals surface area contributed by atoms with Gasteiger partial charge in [-0.3, -0.25) is 0 Å². The highest BCUT2D eigenvalue weighted by Gasteiger charge is 2.16. The summed E-state index contributed by atoms with van der Waals surface area (Å²) in [6.45, 7) is 6.90. The molecule has 21 heavy (non-hydrogen) atoms. The van der Waals surface area contributed by atoms with E-state index in [2.05, 4.69) is 69.4 Å². The lowest BCUT2D eigenvalue weighted by atomic mass is 9.83. The van der Waals surface area contributed by atoms with Crippen LogP contribution in [0.1, 0.15) is 52.9 Å². The molecule has 0 bridgehead atoms. The van der Waals surface area contributed by atoms with Crippen molar-refractivity contribution in [3.8, 4) is 0 Å². The lowest BCUT2D eigenvalue weighted by Gasteiger charge is -2.22. The molecule has 0 heterocycles. The van der Waals surface area contributed by atoms with Crippen LogP contribution in [0, 0.1) is 17.8 Å². The smallest absolute Gasteiger partial charge is 0.0164 e. The highest BCUT2D eigenvalue weighted by molar-refractivity contribution is 5.31. The zero-order valence-electron chi connectivity index (χ0n) is 13.9. The molecule has 0 aromatic rings. The zero-order valence-corrected chi connectivity index (χ0v) is 13.9. The molecule has 114 valence electrons. The van der Waals surface area contributed by atoms with Crippen LogP contribution in [0.2, 0.25) is 0 Å². The van der Waals surface area contributed by atoms with E-state index in [-0.39, 0.29) is 0 Å². The minimum Gasteiger partial charge on any atom is -0.0840 e. The Morgan fingerprint density at radius 1 is 1.19 bits per heavy atom. The van der Waals surface area contributed by atoms with Crippen LogP contribution in [0.25, 0.3) is 0 Å². The van der Waals surface area contributed by atoms with E-state index in [1.807, 2.05) is 0 Å². The van der Waals surface area contributed by atoms with Crippen molar-refractivity contribution in [3.05, 3.63) is 59.8 Å². The highest BCUT2D eigenvalue weighted by atomic mass is 14.2. The maximum absolute atomic E-state index is 2.40. The van der Waals surface area contributed by atoms with E-state index in [4.69, 9.17) is 0 Å². The molecule has 2 aliphatic rings. The van der Waals surface area contributed by atoms with Crippen LogP contribution in [0.4, 0.5) is 0 Å². The van der Waals surface area contributed by atoms with Gasteiger partial charge in [-0.15, -0.1) is 0 Å². The van der Waals surface area contributed by atoms with E-state index in [0.717, 1.165) is 11.8 Å². The van der Waals surface area contributed by atoms with Crippen LogP contribution in [-0.2, 0) is 0 Å². The minimum absolute atomic E-state index is 0.697. The van der Waals surface area contributed by atoms with Gasteiger partial charge < -0.3 is 0 Å². The molecule has 2 atom stereocenters. The Labute approximate surface area is 131 Å². The Hall–Kier alpha value is -1.30. The Bertz CT molecular complexity index is 468. The van der Waals surface area contributed by atoms with Crippen molar-refractivity contribution in [3.63, 3.8) is 0 Å². The summed E-state index contributed by atoms with van der Waals surface area (Å²) >= 11 is 0. The Morgan fingerprint density at radius 2 is 2.05 bits per heavy atom. The Balaban J connectivity index is 1.87.